The van der Waals surface area contributed by atoms with E-state index in [0.717, 1.165) is 23.9 Å². The molecular weight excluding hydrogens is 310 g/mol. The zero-order valence-corrected chi connectivity index (χ0v) is 12.7. The fraction of sp³-hybridized carbons (Fsp3) is 0.500. The number of halogens is 1. The molecule has 0 radical (unpaired) electrons. The van der Waals surface area contributed by atoms with Crippen LogP contribution in [0.1, 0.15) is 30.1 Å². The smallest absolute Gasteiger partial charge is 0.253 e. The molecule has 1 heterocycles. The lowest BCUT2D eigenvalue weighted by molar-refractivity contribution is 0.0272. The molecule has 104 valence electrons. The molecule has 1 atom stereocenters. The maximum atomic E-state index is 12.4. The maximum absolute atomic E-state index is 12.4. The van der Waals surface area contributed by atoms with Gasteiger partial charge in [-0.25, -0.2) is 0 Å². The second-order valence-corrected chi connectivity index (χ2v) is 5.87. The second kappa shape index (κ2) is 5.92. The quantitative estimate of drug-likeness (QED) is 0.928. The van der Waals surface area contributed by atoms with E-state index in [0.29, 0.717) is 17.9 Å². The zero-order chi connectivity index (χ0) is 13.9. The van der Waals surface area contributed by atoms with Crippen LogP contribution in [0.25, 0.3) is 0 Å². The van der Waals surface area contributed by atoms with Crippen molar-refractivity contribution < 1.29 is 14.3 Å². The number of benzene rings is 1. The molecule has 1 fully saturated rings. The largest absolute Gasteiger partial charge is 0.497 e. The summed E-state index contributed by atoms with van der Waals surface area (Å²) in [5, 5.41) is 3.05. The molecule has 0 aromatic heterocycles. The van der Waals surface area contributed by atoms with Crippen molar-refractivity contribution in [2.24, 2.45) is 0 Å². The van der Waals surface area contributed by atoms with Crippen molar-refractivity contribution in [2.45, 2.75) is 25.3 Å². The lowest BCUT2D eigenvalue weighted by Crippen LogP contribution is -2.51. The summed E-state index contributed by atoms with van der Waals surface area (Å²) in [4.78, 5) is 12.4. The van der Waals surface area contributed by atoms with Crippen molar-refractivity contribution in [3.8, 4) is 5.75 Å². The third kappa shape index (κ3) is 3.48. The monoisotopic (exact) mass is 327 g/mol. The molecular formula is C14H18BrNO3. The number of ether oxygens (including phenoxy) is 2. The summed E-state index contributed by atoms with van der Waals surface area (Å²) >= 11 is 3.40. The van der Waals surface area contributed by atoms with Crippen LogP contribution in [0.4, 0.5) is 0 Å². The molecule has 1 aliphatic rings. The predicted molar refractivity (Wildman–Crippen MR) is 76.6 cm³/mol. The number of nitrogens with one attached hydrogen (secondary N) is 1. The lowest BCUT2D eigenvalue weighted by atomic mass is 9.94. The average molecular weight is 328 g/mol. The summed E-state index contributed by atoms with van der Waals surface area (Å²) < 4.78 is 11.4. The van der Waals surface area contributed by atoms with Gasteiger partial charge in [0.05, 0.1) is 24.8 Å². The summed E-state index contributed by atoms with van der Waals surface area (Å²) in [7, 11) is 1.58. The van der Waals surface area contributed by atoms with E-state index in [1.54, 1.807) is 13.2 Å². The summed E-state index contributed by atoms with van der Waals surface area (Å²) in [5.41, 5.74) is 0.281. The number of carbonyl (C=O) groups is 1. The standard InChI is InChI=1S/C14H18BrNO3/c1-14(6-3-7-19-9-14)16-13(17)11-8-10(18-2)4-5-12(11)15/h4-5,8H,3,6-7,9H2,1-2H3,(H,16,17). The van der Waals surface area contributed by atoms with Crippen LogP contribution in [0.15, 0.2) is 22.7 Å². The second-order valence-electron chi connectivity index (χ2n) is 5.02. The SMILES string of the molecule is COc1ccc(Br)c(C(=O)NC2(C)CCCOC2)c1. The first kappa shape index (κ1) is 14.3. The highest BCUT2D eigenvalue weighted by Gasteiger charge is 2.30. The van der Waals surface area contributed by atoms with Gasteiger partial charge in [-0.05, 0) is 53.9 Å². The third-order valence-corrected chi connectivity index (χ3v) is 3.96. The Morgan fingerprint density at radius 1 is 1.53 bits per heavy atom. The summed E-state index contributed by atoms with van der Waals surface area (Å²) in [6, 6.07) is 5.35. The van der Waals surface area contributed by atoms with Gasteiger partial charge < -0.3 is 14.8 Å². The van der Waals surface area contributed by atoms with E-state index in [1.165, 1.54) is 0 Å². The topological polar surface area (TPSA) is 47.6 Å². The van der Waals surface area contributed by atoms with Gasteiger partial charge in [-0.1, -0.05) is 0 Å². The molecule has 1 unspecified atom stereocenters. The molecule has 5 heteroatoms. The molecule has 4 nitrogen and oxygen atoms in total. The Labute approximate surface area is 121 Å². The number of amides is 1. The van der Waals surface area contributed by atoms with Crippen LogP contribution in [-0.4, -0.2) is 31.8 Å². The van der Waals surface area contributed by atoms with Gasteiger partial charge in [-0.15, -0.1) is 0 Å². The predicted octanol–water partition coefficient (Wildman–Crippen LogP) is 2.76. The first-order valence-electron chi connectivity index (χ1n) is 6.28. The minimum absolute atomic E-state index is 0.112. The Morgan fingerprint density at radius 3 is 2.95 bits per heavy atom. The molecule has 0 aliphatic carbocycles. The van der Waals surface area contributed by atoms with Gasteiger partial charge in [0.2, 0.25) is 0 Å². The average Bonchev–Trinajstić information content (AvgIpc) is 2.39. The maximum Gasteiger partial charge on any atom is 0.253 e. The molecule has 1 N–H and O–H groups in total. The fourth-order valence-electron chi connectivity index (χ4n) is 2.18. The van der Waals surface area contributed by atoms with Crippen molar-refractivity contribution in [3.63, 3.8) is 0 Å². The van der Waals surface area contributed by atoms with Gasteiger partial charge in [-0.3, -0.25) is 4.79 Å². The molecule has 0 saturated carbocycles. The number of carbonyl (C=O) groups excluding carboxylic acids is 1. The Kier molecular flexibility index (Phi) is 4.47. The molecule has 0 bridgehead atoms. The number of rotatable bonds is 3. The number of hydrogen-bond donors (Lipinski definition) is 1. The van der Waals surface area contributed by atoms with E-state index >= 15 is 0 Å². The van der Waals surface area contributed by atoms with E-state index in [9.17, 15) is 4.79 Å². The molecule has 1 aromatic rings. The van der Waals surface area contributed by atoms with Crippen LogP contribution in [0, 0.1) is 0 Å². The molecule has 2 rings (SSSR count). The van der Waals surface area contributed by atoms with Crippen molar-refractivity contribution >= 4 is 21.8 Å². The summed E-state index contributed by atoms with van der Waals surface area (Å²) in [5.74, 6) is 0.553. The van der Waals surface area contributed by atoms with Crippen molar-refractivity contribution in [1.82, 2.24) is 5.32 Å². The highest BCUT2D eigenvalue weighted by molar-refractivity contribution is 9.10. The van der Waals surface area contributed by atoms with Crippen LogP contribution in [0.5, 0.6) is 5.75 Å². The van der Waals surface area contributed by atoms with Gasteiger partial charge in [0.25, 0.3) is 5.91 Å². The first-order chi connectivity index (χ1) is 9.04. The summed E-state index contributed by atoms with van der Waals surface area (Å²) in [6.45, 7) is 3.34. The number of hydrogen-bond acceptors (Lipinski definition) is 3. The highest BCUT2D eigenvalue weighted by atomic mass is 79.9. The molecule has 19 heavy (non-hydrogen) atoms. The zero-order valence-electron chi connectivity index (χ0n) is 11.2. The van der Waals surface area contributed by atoms with Crippen LogP contribution in [-0.2, 0) is 4.74 Å². The van der Waals surface area contributed by atoms with Crippen molar-refractivity contribution in [3.05, 3.63) is 28.2 Å². The van der Waals surface area contributed by atoms with E-state index in [-0.39, 0.29) is 11.4 Å². The van der Waals surface area contributed by atoms with E-state index < -0.39 is 0 Å². The normalized spacial score (nSPS) is 22.9. The highest BCUT2D eigenvalue weighted by Crippen LogP contribution is 2.24. The Bertz CT molecular complexity index is 470. The van der Waals surface area contributed by atoms with E-state index in [1.807, 2.05) is 19.1 Å². The Hall–Kier alpha value is -1.07. The summed E-state index contributed by atoms with van der Waals surface area (Å²) in [6.07, 6.45) is 1.90. The van der Waals surface area contributed by atoms with Crippen LogP contribution in [0.2, 0.25) is 0 Å². The van der Waals surface area contributed by atoms with Gasteiger partial charge in [0.1, 0.15) is 5.75 Å². The minimum Gasteiger partial charge on any atom is -0.497 e. The van der Waals surface area contributed by atoms with Gasteiger partial charge >= 0.3 is 0 Å². The molecule has 0 spiro atoms. The van der Waals surface area contributed by atoms with Crippen LogP contribution in [0.3, 0.4) is 0 Å². The van der Waals surface area contributed by atoms with Gasteiger partial charge in [-0.2, -0.15) is 0 Å². The van der Waals surface area contributed by atoms with Gasteiger partial charge in [0.15, 0.2) is 0 Å². The van der Waals surface area contributed by atoms with Crippen molar-refractivity contribution in [2.75, 3.05) is 20.3 Å². The van der Waals surface area contributed by atoms with Gasteiger partial charge in [0, 0.05) is 11.1 Å². The first-order valence-corrected chi connectivity index (χ1v) is 7.07. The molecule has 1 aliphatic heterocycles. The van der Waals surface area contributed by atoms with Crippen LogP contribution < -0.4 is 10.1 Å². The van der Waals surface area contributed by atoms with E-state index in [4.69, 9.17) is 9.47 Å². The van der Waals surface area contributed by atoms with Crippen LogP contribution >= 0.6 is 15.9 Å². The Balaban J connectivity index is 2.15. The third-order valence-electron chi connectivity index (χ3n) is 3.27. The minimum atomic E-state index is -0.294. The Morgan fingerprint density at radius 2 is 2.32 bits per heavy atom. The van der Waals surface area contributed by atoms with E-state index in [2.05, 4.69) is 21.2 Å². The fourth-order valence-corrected chi connectivity index (χ4v) is 2.61. The number of methoxy groups -OCH3 is 1. The lowest BCUT2D eigenvalue weighted by Gasteiger charge is -2.34. The molecule has 1 amide bonds. The molecule has 1 saturated heterocycles. The molecule has 1 aromatic carbocycles. The van der Waals surface area contributed by atoms with Crippen molar-refractivity contribution in [1.29, 1.82) is 0 Å².